The minimum atomic E-state index is -0.209. The summed E-state index contributed by atoms with van der Waals surface area (Å²) in [7, 11) is 0. The van der Waals surface area contributed by atoms with Crippen molar-refractivity contribution in [1.82, 2.24) is 15.5 Å². The first-order chi connectivity index (χ1) is 12.0. The second kappa shape index (κ2) is 11.1. The molecule has 0 aromatic heterocycles. The van der Waals surface area contributed by atoms with Crippen LogP contribution in [0.2, 0.25) is 0 Å². The second-order valence-electron chi connectivity index (χ2n) is 7.18. The lowest BCUT2D eigenvalue weighted by Crippen LogP contribution is -2.58. The van der Waals surface area contributed by atoms with Gasteiger partial charge in [-0.05, 0) is 57.5 Å². The van der Waals surface area contributed by atoms with Gasteiger partial charge in [-0.2, -0.15) is 0 Å². The van der Waals surface area contributed by atoms with Gasteiger partial charge in [-0.1, -0.05) is 0 Å². The molecular weight excluding hydrogens is 390 g/mol. The maximum atomic E-state index is 13.1. The Morgan fingerprint density at radius 3 is 2.41 bits per heavy atom. The van der Waals surface area contributed by atoms with Gasteiger partial charge in [0.25, 0.3) is 0 Å². The normalized spacial score (nSPS) is 24.3. The Morgan fingerprint density at radius 2 is 1.81 bits per heavy atom. The minimum absolute atomic E-state index is 0. The molecule has 2 saturated heterocycles. The molecule has 2 heterocycles. The van der Waals surface area contributed by atoms with Gasteiger partial charge in [0, 0.05) is 44.0 Å². The van der Waals surface area contributed by atoms with Crippen LogP contribution in [0.25, 0.3) is 0 Å². The summed E-state index contributed by atoms with van der Waals surface area (Å²) >= 11 is 0. The summed E-state index contributed by atoms with van der Waals surface area (Å²) in [4.78, 5) is 17.1. The van der Waals surface area contributed by atoms with Crippen molar-refractivity contribution in [2.75, 3.05) is 37.6 Å². The topological polar surface area (TPSA) is 47.6 Å². The number of benzene rings is 1. The predicted octanol–water partition coefficient (Wildman–Crippen LogP) is 2.44. The van der Waals surface area contributed by atoms with E-state index in [0.717, 1.165) is 51.3 Å². The maximum Gasteiger partial charge on any atom is 0.237 e. The molecule has 5 nitrogen and oxygen atoms in total. The van der Waals surface area contributed by atoms with Gasteiger partial charge in [-0.25, -0.2) is 4.39 Å². The number of rotatable bonds is 4. The number of anilines is 1. The van der Waals surface area contributed by atoms with Crippen LogP contribution in [0.1, 0.15) is 26.7 Å². The summed E-state index contributed by atoms with van der Waals surface area (Å²) in [5, 5.41) is 6.64. The number of nitrogens with one attached hydrogen (secondary N) is 2. The van der Waals surface area contributed by atoms with Crippen LogP contribution in [-0.2, 0) is 4.79 Å². The molecule has 2 N–H and O–H groups in total. The average molecular weight is 421 g/mol. The molecule has 3 rings (SSSR count). The molecule has 154 valence electrons. The summed E-state index contributed by atoms with van der Waals surface area (Å²) in [6, 6.07) is 7.07. The van der Waals surface area contributed by atoms with Gasteiger partial charge in [0.1, 0.15) is 5.82 Å². The highest BCUT2D eigenvalue weighted by molar-refractivity contribution is 5.85. The zero-order valence-electron chi connectivity index (χ0n) is 16.0. The lowest BCUT2D eigenvalue weighted by molar-refractivity contribution is -0.127. The van der Waals surface area contributed by atoms with Gasteiger partial charge < -0.3 is 15.5 Å². The highest BCUT2D eigenvalue weighted by Gasteiger charge is 2.29. The van der Waals surface area contributed by atoms with E-state index < -0.39 is 0 Å². The maximum absolute atomic E-state index is 13.1. The van der Waals surface area contributed by atoms with Crippen LogP contribution >= 0.6 is 24.8 Å². The predicted molar refractivity (Wildman–Crippen MR) is 113 cm³/mol. The highest BCUT2D eigenvalue weighted by Crippen LogP contribution is 2.18. The molecule has 3 unspecified atom stereocenters. The van der Waals surface area contributed by atoms with Crippen LogP contribution in [0.5, 0.6) is 0 Å². The molecule has 0 saturated carbocycles. The second-order valence-corrected chi connectivity index (χ2v) is 7.18. The van der Waals surface area contributed by atoms with Crippen molar-refractivity contribution in [3.05, 3.63) is 30.1 Å². The van der Waals surface area contributed by atoms with Crippen LogP contribution in [0.15, 0.2) is 24.3 Å². The van der Waals surface area contributed by atoms with Crippen molar-refractivity contribution in [1.29, 1.82) is 0 Å². The van der Waals surface area contributed by atoms with Gasteiger partial charge in [0.2, 0.25) is 5.91 Å². The Morgan fingerprint density at radius 1 is 1.19 bits per heavy atom. The van der Waals surface area contributed by atoms with E-state index in [2.05, 4.69) is 27.4 Å². The Kier molecular flexibility index (Phi) is 9.81. The number of carbonyl (C=O) groups excluding carboxylic acids is 1. The van der Waals surface area contributed by atoms with Crippen molar-refractivity contribution >= 4 is 36.4 Å². The molecule has 2 aliphatic rings. The van der Waals surface area contributed by atoms with Gasteiger partial charge >= 0.3 is 0 Å². The van der Waals surface area contributed by atoms with E-state index in [-0.39, 0.29) is 48.6 Å². The summed E-state index contributed by atoms with van der Waals surface area (Å²) < 4.78 is 13.1. The monoisotopic (exact) mass is 420 g/mol. The Labute approximate surface area is 173 Å². The number of hydrogen-bond donors (Lipinski definition) is 2. The standard InChI is InChI=1S/C19H29FN4O.2ClH/c1-14-18(4-3-9-21-14)22-19(25)15(2)23-10-12-24(13-11-23)17-7-5-16(20)6-8-17;;/h5-8,14-15,18,21H,3-4,9-13H2,1-2H3,(H,22,25);2*1H. The number of carbonyl (C=O) groups is 1. The molecule has 1 aromatic carbocycles. The van der Waals surface area contributed by atoms with Crippen LogP contribution in [-0.4, -0.2) is 61.7 Å². The molecule has 2 fully saturated rings. The third kappa shape index (κ3) is 6.21. The number of hydrogen-bond acceptors (Lipinski definition) is 4. The number of amides is 1. The van der Waals surface area contributed by atoms with Crippen molar-refractivity contribution < 1.29 is 9.18 Å². The van der Waals surface area contributed by atoms with Crippen molar-refractivity contribution in [3.63, 3.8) is 0 Å². The quantitative estimate of drug-likeness (QED) is 0.784. The minimum Gasteiger partial charge on any atom is -0.369 e. The molecule has 3 atom stereocenters. The molecule has 0 aliphatic carbocycles. The van der Waals surface area contributed by atoms with Crippen LogP contribution in [0, 0.1) is 5.82 Å². The first-order valence-electron chi connectivity index (χ1n) is 9.33. The number of piperidine rings is 1. The fourth-order valence-electron chi connectivity index (χ4n) is 3.73. The molecule has 2 aliphatic heterocycles. The van der Waals surface area contributed by atoms with Crippen LogP contribution in [0.4, 0.5) is 10.1 Å². The van der Waals surface area contributed by atoms with Crippen LogP contribution in [0.3, 0.4) is 0 Å². The van der Waals surface area contributed by atoms with Gasteiger partial charge in [-0.3, -0.25) is 9.69 Å². The van der Waals surface area contributed by atoms with E-state index >= 15 is 0 Å². The largest absolute Gasteiger partial charge is 0.369 e. The van der Waals surface area contributed by atoms with E-state index in [9.17, 15) is 9.18 Å². The fourth-order valence-corrected chi connectivity index (χ4v) is 3.73. The lowest BCUT2D eigenvalue weighted by atomic mass is 9.99. The smallest absolute Gasteiger partial charge is 0.237 e. The summed E-state index contributed by atoms with van der Waals surface area (Å²) in [5.74, 6) is -0.0881. The van der Waals surface area contributed by atoms with Gasteiger partial charge in [0.15, 0.2) is 0 Å². The Bertz CT molecular complexity index is 582. The zero-order chi connectivity index (χ0) is 17.8. The highest BCUT2D eigenvalue weighted by atomic mass is 35.5. The first kappa shape index (κ1) is 24.0. The van der Waals surface area contributed by atoms with Gasteiger partial charge in [0.05, 0.1) is 6.04 Å². The van der Waals surface area contributed by atoms with E-state index in [1.807, 2.05) is 19.1 Å². The first-order valence-corrected chi connectivity index (χ1v) is 9.33. The summed E-state index contributed by atoms with van der Waals surface area (Å²) in [6.07, 6.45) is 2.16. The zero-order valence-corrected chi connectivity index (χ0v) is 17.6. The van der Waals surface area contributed by atoms with Crippen molar-refractivity contribution in [2.45, 2.75) is 44.8 Å². The third-order valence-electron chi connectivity index (χ3n) is 5.52. The van der Waals surface area contributed by atoms with E-state index in [1.54, 1.807) is 0 Å². The fraction of sp³-hybridized carbons (Fsp3) is 0.632. The molecule has 1 aromatic rings. The number of halogens is 3. The Hall–Kier alpha value is -1.08. The number of nitrogens with zero attached hydrogens (tertiary/aromatic N) is 2. The summed E-state index contributed by atoms with van der Waals surface area (Å²) in [6.45, 7) is 8.54. The molecule has 0 radical (unpaired) electrons. The molecule has 27 heavy (non-hydrogen) atoms. The molecular formula is C19H31Cl2FN4O. The van der Waals surface area contributed by atoms with E-state index in [1.165, 1.54) is 12.1 Å². The van der Waals surface area contributed by atoms with E-state index in [4.69, 9.17) is 0 Å². The molecule has 0 bridgehead atoms. The third-order valence-corrected chi connectivity index (χ3v) is 5.52. The SMILES string of the molecule is CC1NCCCC1NC(=O)C(C)N1CCN(c2ccc(F)cc2)CC1.Cl.Cl. The van der Waals surface area contributed by atoms with E-state index in [0.29, 0.717) is 6.04 Å². The number of piperazine rings is 1. The molecule has 0 spiro atoms. The summed E-state index contributed by atoms with van der Waals surface area (Å²) in [5.41, 5.74) is 1.04. The molecule has 8 heteroatoms. The lowest BCUT2D eigenvalue weighted by Gasteiger charge is -2.39. The van der Waals surface area contributed by atoms with Gasteiger partial charge in [-0.15, -0.1) is 24.8 Å². The molecule has 1 amide bonds. The average Bonchev–Trinajstić information content (AvgIpc) is 2.64. The van der Waals surface area contributed by atoms with Crippen molar-refractivity contribution in [3.8, 4) is 0 Å². The Balaban J connectivity index is 0.00000182. The van der Waals surface area contributed by atoms with Crippen molar-refractivity contribution in [2.24, 2.45) is 0 Å². The van der Waals surface area contributed by atoms with Crippen LogP contribution < -0.4 is 15.5 Å².